The predicted molar refractivity (Wildman–Crippen MR) is 168 cm³/mol. The van der Waals surface area contributed by atoms with Crippen molar-refractivity contribution in [3.63, 3.8) is 0 Å². The van der Waals surface area contributed by atoms with Gasteiger partial charge in [0, 0.05) is 18.4 Å². The molecule has 2 aliphatic heterocycles. The van der Waals surface area contributed by atoms with Gasteiger partial charge in [0.2, 0.25) is 5.91 Å². The second kappa shape index (κ2) is 13.8. The molecule has 43 heavy (non-hydrogen) atoms. The van der Waals surface area contributed by atoms with E-state index in [1.807, 2.05) is 31.2 Å². The molecule has 0 aliphatic carbocycles. The van der Waals surface area contributed by atoms with Crippen LogP contribution in [0.15, 0.2) is 36.9 Å². The van der Waals surface area contributed by atoms with E-state index >= 15 is 0 Å². The minimum Gasteiger partial charge on any atom is -0.497 e. The average molecular weight is 620 g/mol. The molecule has 2 saturated heterocycles. The maximum atomic E-state index is 13.5. The van der Waals surface area contributed by atoms with Crippen LogP contribution < -0.4 is 4.74 Å². The lowest BCUT2D eigenvalue weighted by atomic mass is 9.74. The molecule has 1 N–H and O–H groups in total. The van der Waals surface area contributed by atoms with Gasteiger partial charge in [-0.05, 0) is 55.6 Å². The highest BCUT2D eigenvalue weighted by Crippen LogP contribution is 2.51. The molecule has 8 atom stereocenters. The summed E-state index contributed by atoms with van der Waals surface area (Å²) in [7, 11) is -0.546. The highest BCUT2D eigenvalue weighted by Gasteiger charge is 2.61. The Bertz CT molecular complexity index is 1120. The fourth-order valence-corrected chi connectivity index (χ4v) is 6.62. The lowest BCUT2D eigenvalue weighted by Gasteiger charge is -2.40. The van der Waals surface area contributed by atoms with Gasteiger partial charge in [0.05, 0.1) is 50.1 Å². The predicted octanol–water partition coefficient (Wildman–Crippen LogP) is 5.81. The maximum Gasteiger partial charge on any atom is 0.416 e. The second-order valence-corrected chi connectivity index (χ2v) is 18.8. The highest BCUT2D eigenvalue weighted by atomic mass is 28.4. The lowest BCUT2D eigenvalue weighted by Crippen LogP contribution is -2.51. The molecule has 10 heteroatoms. The Balaban J connectivity index is 1.75. The number of methoxy groups -OCH3 is 1. The van der Waals surface area contributed by atoms with E-state index in [4.69, 9.17) is 23.4 Å². The van der Waals surface area contributed by atoms with Crippen LogP contribution in [-0.4, -0.2) is 81.1 Å². The molecule has 0 aromatic heterocycles. The summed E-state index contributed by atoms with van der Waals surface area (Å²) in [5.74, 6) is -1.26. The van der Waals surface area contributed by atoms with E-state index in [0.717, 1.165) is 16.2 Å². The first kappa shape index (κ1) is 35.2. The van der Waals surface area contributed by atoms with Crippen LogP contribution in [0.2, 0.25) is 18.1 Å². The second-order valence-electron chi connectivity index (χ2n) is 14.0. The Labute approximate surface area is 259 Å². The van der Waals surface area contributed by atoms with E-state index in [1.165, 1.54) is 6.08 Å². The highest BCUT2D eigenvalue weighted by molar-refractivity contribution is 6.74. The van der Waals surface area contributed by atoms with E-state index in [9.17, 15) is 14.7 Å². The summed E-state index contributed by atoms with van der Waals surface area (Å²) in [6.45, 7) is 24.0. The Morgan fingerprint density at radius 1 is 1.23 bits per heavy atom. The van der Waals surface area contributed by atoms with E-state index in [-0.39, 0.29) is 36.2 Å². The Morgan fingerprint density at radius 3 is 2.37 bits per heavy atom. The first-order valence-electron chi connectivity index (χ1n) is 15.3. The van der Waals surface area contributed by atoms with Gasteiger partial charge in [0.25, 0.3) is 0 Å². The molecule has 2 amide bonds. The van der Waals surface area contributed by atoms with Gasteiger partial charge in [-0.15, -0.1) is 6.58 Å². The zero-order valence-electron chi connectivity index (χ0n) is 27.7. The molecule has 0 spiro atoms. The summed E-state index contributed by atoms with van der Waals surface area (Å²) in [5, 5.41) is 11.8. The van der Waals surface area contributed by atoms with Crippen molar-refractivity contribution in [1.82, 2.24) is 4.90 Å². The Morgan fingerprint density at radius 2 is 1.86 bits per heavy atom. The molecule has 0 bridgehead atoms. The van der Waals surface area contributed by atoms with Crippen molar-refractivity contribution >= 4 is 20.3 Å². The number of cyclic esters (lactones) is 1. The number of nitrogens with zero attached hydrogens (tertiary/aromatic N) is 1. The van der Waals surface area contributed by atoms with E-state index < -0.39 is 49.9 Å². The third-order valence-electron chi connectivity index (χ3n) is 9.87. The number of ether oxygens (including phenoxy) is 4. The van der Waals surface area contributed by atoms with Crippen LogP contribution in [-0.2, 0) is 30.0 Å². The molecular weight excluding hydrogens is 566 g/mol. The molecule has 9 nitrogen and oxygen atoms in total. The average Bonchev–Trinajstić information content (AvgIpc) is 3.53. The van der Waals surface area contributed by atoms with Crippen molar-refractivity contribution in [2.75, 3.05) is 26.9 Å². The molecular formula is C33H53NO8Si. The van der Waals surface area contributed by atoms with Crippen molar-refractivity contribution in [1.29, 1.82) is 0 Å². The van der Waals surface area contributed by atoms with Crippen molar-refractivity contribution in [3.8, 4) is 5.75 Å². The van der Waals surface area contributed by atoms with Gasteiger partial charge in [-0.1, -0.05) is 52.8 Å². The first-order chi connectivity index (χ1) is 20.0. The van der Waals surface area contributed by atoms with Crippen LogP contribution in [0.1, 0.15) is 54.0 Å². The minimum absolute atomic E-state index is 0.0353. The van der Waals surface area contributed by atoms with Crippen molar-refractivity contribution in [2.45, 2.75) is 97.1 Å². The van der Waals surface area contributed by atoms with E-state index in [1.54, 1.807) is 14.0 Å². The third kappa shape index (κ3) is 7.89. The van der Waals surface area contributed by atoms with E-state index in [0.29, 0.717) is 13.2 Å². The quantitative estimate of drug-likeness (QED) is 0.149. The molecule has 0 radical (unpaired) electrons. The molecule has 2 heterocycles. The monoisotopic (exact) mass is 619 g/mol. The number of imide groups is 1. The van der Waals surface area contributed by atoms with Gasteiger partial charge in [-0.3, -0.25) is 4.79 Å². The van der Waals surface area contributed by atoms with Gasteiger partial charge >= 0.3 is 6.09 Å². The number of carbonyl (C=O) groups excluding carboxylic acids is 2. The molecule has 0 saturated carbocycles. The number of benzene rings is 1. The topological polar surface area (TPSA) is 107 Å². The number of amides is 2. The van der Waals surface area contributed by atoms with Crippen molar-refractivity contribution < 1.29 is 38.1 Å². The molecule has 1 aromatic carbocycles. The van der Waals surface area contributed by atoms with Crippen molar-refractivity contribution in [2.24, 2.45) is 23.7 Å². The fraction of sp³-hybridized carbons (Fsp3) is 0.697. The number of carbonyl (C=O) groups is 2. The van der Waals surface area contributed by atoms with Gasteiger partial charge in [-0.2, -0.15) is 0 Å². The number of hydrogen-bond acceptors (Lipinski definition) is 8. The molecule has 1 aromatic rings. The number of aliphatic hydroxyl groups is 1. The van der Waals surface area contributed by atoms with E-state index in [2.05, 4.69) is 54.3 Å². The number of epoxide rings is 1. The Hall–Kier alpha value is -2.24. The zero-order chi connectivity index (χ0) is 32.3. The van der Waals surface area contributed by atoms with Crippen LogP contribution in [0.25, 0.3) is 0 Å². The standard InChI is InChI=1S/C33H53NO8Si/c1-12-26(30(36)34-22(3)18-40-31(34)37)28(35)27(20-41-43(10,11)32(5,6)7)23(4)33(8)29(42-33)21(2)17-39-19-24-13-15-25(38-9)16-14-24/h12-16,21-23,26-29,35H,1,17-20H2,2-11H3/t21-,22+,23-,26+,27+,28+,29+,33+/m0/s1. The maximum absolute atomic E-state index is 13.5. The lowest BCUT2D eigenvalue weighted by molar-refractivity contribution is -0.137. The van der Waals surface area contributed by atoms with Crippen LogP contribution >= 0.6 is 0 Å². The zero-order valence-corrected chi connectivity index (χ0v) is 28.7. The number of rotatable bonds is 15. The summed E-state index contributed by atoms with van der Waals surface area (Å²) < 4.78 is 29.3. The normalized spacial score (nSPS) is 25.8. The summed E-state index contributed by atoms with van der Waals surface area (Å²) in [5.41, 5.74) is 0.503. The minimum atomic E-state index is -2.19. The third-order valence-corrected chi connectivity index (χ3v) is 14.4. The first-order valence-corrected chi connectivity index (χ1v) is 18.2. The van der Waals surface area contributed by atoms with Gasteiger partial charge in [-0.25, -0.2) is 9.69 Å². The SMILES string of the molecule is C=C[C@@H](C(=O)N1C(=O)OC[C@H]1C)[C@@H](O)[C@H](CO[Si](C)(C)C(C)(C)C)[C@H](C)[C@@]1(C)O[C@@H]1[C@@H](C)COCc1ccc(OC)cc1. The van der Waals surface area contributed by atoms with Crippen LogP contribution in [0, 0.1) is 23.7 Å². The van der Waals surface area contributed by atoms with Gasteiger partial charge in [0.1, 0.15) is 12.4 Å². The number of aliphatic hydroxyl groups excluding tert-OH is 1. The van der Waals surface area contributed by atoms with Gasteiger partial charge < -0.3 is 28.5 Å². The summed E-state index contributed by atoms with van der Waals surface area (Å²) in [6, 6.07) is 7.38. The molecule has 2 aliphatic rings. The largest absolute Gasteiger partial charge is 0.497 e. The Kier molecular flexibility index (Phi) is 11.3. The molecule has 2 fully saturated rings. The molecule has 242 valence electrons. The summed E-state index contributed by atoms with van der Waals surface area (Å²) in [4.78, 5) is 27.0. The summed E-state index contributed by atoms with van der Waals surface area (Å²) >= 11 is 0. The van der Waals surface area contributed by atoms with Gasteiger partial charge in [0.15, 0.2) is 8.32 Å². The van der Waals surface area contributed by atoms with Crippen LogP contribution in [0.4, 0.5) is 4.79 Å². The molecule has 0 unspecified atom stereocenters. The number of hydrogen-bond donors (Lipinski definition) is 1. The van der Waals surface area contributed by atoms with Crippen LogP contribution in [0.3, 0.4) is 0 Å². The smallest absolute Gasteiger partial charge is 0.416 e. The summed E-state index contributed by atoms with van der Waals surface area (Å²) in [6.07, 6.45) is -0.499. The van der Waals surface area contributed by atoms with Crippen LogP contribution in [0.5, 0.6) is 5.75 Å². The fourth-order valence-electron chi connectivity index (χ4n) is 5.58. The van der Waals surface area contributed by atoms with Crippen molar-refractivity contribution in [3.05, 3.63) is 42.5 Å². The molecule has 3 rings (SSSR count).